The third-order valence-electron chi connectivity index (χ3n) is 13.8. The van der Waals surface area contributed by atoms with Crippen molar-refractivity contribution in [3.63, 3.8) is 0 Å². The summed E-state index contributed by atoms with van der Waals surface area (Å²) in [7, 11) is 0. The van der Waals surface area contributed by atoms with Crippen molar-refractivity contribution in [3.8, 4) is 0 Å². The second kappa shape index (κ2) is 50.3. The van der Waals surface area contributed by atoms with Gasteiger partial charge in [0.15, 0.2) is 6.10 Å². The van der Waals surface area contributed by atoms with Crippen LogP contribution in [0.4, 0.5) is 0 Å². The Kier molecular flexibility index (Phi) is 49.1. The molecule has 6 heteroatoms. The number of hydrogen-bond acceptors (Lipinski definition) is 6. The molecule has 0 aromatic rings. The van der Waals surface area contributed by atoms with E-state index in [-0.39, 0.29) is 31.1 Å². The minimum atomic E-state index is -0.764. The van der Waals surface area contributed by atoms with Crippen molar-refractivity contribution in [2.24, 2.45) is 17.8 Å². The van der Waals surface area contributed by atoms with E-state index in [1.807, 2.05) is 0 Å². The van der Waals surface area contributed by atoms with E-state index in [0.29, 0.717) is 19.3 Å². The standard InChI is InChI=1S/C59H114O6/c1-7-55(6)47-41-35-29-23-16-12-8-9-13-18-26-32-38-44-50-59(62)65-56(52-64-58(61)49-43-37-31-25-20-19-22-28-34-40-46-54(4)5)51-63-57(60)48-42-36-30-24-17-14-10-11-15-21-27-33-39-45-53(2)3/h53-56H,7-52H2,1-6H3/t55?,56-/m1/s1. The molecule has 0 radical (unpaired) electrons. The lowest BCUT2D eigenvalue weighted by Crippen LogP contribution is -2.30. The van der Waals surface area contributed by atoms with Gasteiger partial charge in [-0.15, -0.1) is 0 Å². The van der Waals surface area contributed by atoms with Crippen LogP contribution >= 0.6 is 0 Å². The number of rotatable bonds is 52. The van der Waals surface area contributed by atoms with Crippen LogP contribution < -0.4 is 0 Å². The molecule has 0 spiro atoms. The molecule has 0 aliphatic heterocycles. The molecular formula is C59H114O6. The molecule has 0 saturated carbocycles. The van der Waals surface area contributed by atoms with Gasteiger partial charge in [0.1, 0.15) is 13.2 Å². The molecule has 0 aliphatic carbocycles. The van der Waals surface area contributed by atoms with Gasteiger partial charge in [0.2, 0.25) is 0 Å². The highest BCUT2D eigenvalue weighted by Gasteiger charge is 2.19. The highest BCUT2D eigenvalue weighted by molar-refractivity contribution is 5.71. The zero-order valence-corrected chi connectivity index (χ0v) is 44.8. The maximum Gasteiger partial charge on any atom is 0.306 e. The van der Waals surface area contributed by atoms with E-state index in [1.54, 1.807) is 0 Å². The van der Waals surface area contributed by atoms with E-state index in [2.05, 4.69) is 41.5 Å². The van der Waals surface area contributed by atoms with E-state index in [0.717, 1.165) is 75.5 Å². The zero-order valence-electron chi connectivity index (χ0n) is 44.8. The Labute approximate surface area is 406 Å². The predicted molar refractivity (Wildman–Crippen MR) is 279 cm³/mol. The summed E-state index contributed by atoms with van der Waals surface area (Å²) in [5, 5.41) is 0. The lowest BCUT2D eigenvalue weighted by molar-refractivity contribution is -0.167. The van der Waals surface area contributed by atoms with E-state index in [4.69, 9.17) is 14.2 Å². The third kappa shape index (κ3) is 51.6. The monoisotopic (exact) mass is 919 g/mol. The first-order chi connectivity index (χ1) is 31.6. The Morgan fingerprint density at radius 3 is 0.800 bits per heavy atom. The first kappa shape index (κ1) is 63.4. The van der Waals surface area contributed by atoms with Crippen LogP contribution in [0.25, 0.3) is 0 Å². The molecule has 6 nitrogen and oxygen atoms in total. The SMILES string of the molecule is CCC(C)CCCCCCCCCCCCCCCCC(=O)O[C@H](COC(=O)CCCCCCCCCCCCCCCC(C)C)COC(=O)CCCCCCCCCCCCC(C)C. The van der Waals surface area contributed by atoms with Gasteiger partial charge in [0.05, 0.1) is 0 Å². The molecule has 0 aromatic heterocycles. The summed E-state index contributed by atoms with van der Waals surface area (Å²) in [6, 6.07) is 0. The maximum atomic E-state index is 12.9. The fourth-order valence-electron chi connectivity index (χ4n) is 8.97. The predicted octanol–water partition coefficient (Wildman–Crippen LogP) is 19.1. The molecule has 0 bridgehead atoms. The van der Waals surface area contributed by atoms with Gasteiger partial charge in [0, 0.05) is 19.3 Å². The normalized spacial score (nSPS) is 12.6. The van der Waals surface area contributed by atoms with Crippen LogP contribution in [0, 0.1) is 17.8 Å². The van der Waals surface area contributed by atoms with Gasteiger partial charge < -0.3 is 14.2 Å². The Balaban J connectivity index is 4.30. The highest BCUT2D eigenvalue weighted by atomic mass is 16.6. The molecule has 0 amide bonds. The van der Waals surface area contributed by atoms with Crippen molar-refractivity contribution < 1.29 is 28.6 Å². The van der Waals surface area contributed by atoms with Gasteiger partial charge in [-0.05, 0) is 37.0 Å². The summed E-state index contributed by atoms with van der Waals surface area (Å²) in [5.74, 6) is 1.71. The van der Waals surface area contributed by atoms with Gasteiger partial charge >= 0.3 is 17.9 Å². The smallest absolute Gasteiger partial charge is 0.306 e. The molecule has 0 fully saturated rings. The molecule has 65 heavy (non-hydrogen) atoms. The number of hydrogen-bond donors (Lipinski definition) is 0. The number of ether oxygens (including phenoxy) is 3. The van der Waals surface area contributed by atoms with Crippen molar-refractivity contribution in [2.45, 2.75) is 330 Å². The maximum absolute atomic E-state index is 12.9. The molecule has 1 unspecified atom stereocenters. The summed E-state index contributed by atoms with van der Waals surface area (Å²) in [5.41, 5.74) is 0. The van der Waals surface area contributed by atoms with Gasteiger partial charge in [-0.2, -0.15) is 0 Å². The van der Waals surface area contributed by atoms with Crippen molar-refractivity contribution >= 4 is 17.9 Å². The van der Waals surface area contributed by atoms with E-state index < -0.39 is 6.10 Å². The van der Waals surface area contributed by atoms with Gasteiger partial charge in [0.25, 0.3) is 0 Å². The van der Waals surface area contributed by atoms with Crippen LogP contribution in [0.2, 0.25) is 0 Å². The molecule has 0 rings (SSSR count). The van der Waals surface area contributed by atoms with Gasteiger partial charge in [-0.3, -0.25) is 14.4 Å². The summed E-state index contributed by atoms with van der Waals surface area (Å²) in [6.07, 6.45) is 52.3. The Bertz CT molecular complexity index is 1010. The topological polar surface area (TPSA) is 78.9 Å². The van der Waals surface area contributed by atoms with Crippen molar-refractivity contribution in [1.29, 1.82) is 0 Å². The summed E-state index contributed by atoms with van der Waals surface area (Å²) in [4.78, 5) is 38.1. The minimum Gasteiger partial charge on any atom is -0.462 e. The summed E-state index contributed by atoms with van der Waals surface area (Å²) < 4.78 is 16.9. The first-order valence-corrected chi connectivity index (χ1v) is 29.1. The largest absolute Gasteiger partial charge is 0.462 e. The lowest BCUT2D eigenvalue weighted by Gasteiger charge is -2.18. The minimum absolute atomic E-state index is 0.0636. The quantitative estimate of drug-likeness (QED) is 0.0344. The van der Waals surface area contributed by atoms with Crippen molar-refractivity contribution in [3.05, 3.63) is 0 Å². The fourth-order valence-corrected chi connectivity index (χ4v) is 8.97. The van der Waals surface area contributed by atoms with Gasteiger partial charge in [-0.25, -0.2) is 0 Å². The first-order valence-electron chi connectivity index (χ1n) is 29.1. The molecule has 0 N–H and O–H groups in total. The van der Waals surface area contributed by atoms with Crippen molar-refractivity contribution in [2.75, 3.05) is 13.2 Å². The fraction of sp³-hybridized carbons (Fsp3) is 0.949. The number of esters is 3. The lowest BCUT2D eigenvalue weighted by atomic mass is 9.99. The van der Waals surface area contributed by atoms with Crippen LogP contribution in [0.1, 0.15) is 324 Å². The van der Waals surface area contributed by atoms with Crippen LogP contribution in [-0.4, -0.2) is 37.2 Å². The molecule has 0 aromatic carbocycles. The van der Waals surface area contributed by atoms with Crippen molar-refractivity contribution in [1.82, 2.24) is 0 Å². The van der Waals surface area contributed by atoms with Crippen LogP contribution in [0.5, 0.6) is 0 Å². The van der Waals surface area contributed by atoms with Crippen LogP contribution in [0.15, 0.2) is 0 Å². The number of carbonyl (C=O) groups is 3. The molecular weight excluding hydrogens is 805 g/mol. The molecule has 386 valence electrons. The molecule has 2 atom stereocenters. The van der Waals surface area contributed by atoms with E-state index in [9.17, 15) is 14.4 Å². The van der Waals surface area contributed by atoms with Crippen LogP contribution in [-0.2, 0) is 28.6 Å². The Morgan fingerprint density at radius 2 is 0.538 bits per heavy atom. The second-order valence-electron chi connectivity index (χ2n) is 21.5. The van der Waals surface area contributed by atoms with E-state index >= 15 is 0 Å². The second-order valence-corrected chi connectivity index (χ2v) is 21.5. The number of unbranched alkanes of at least 4 members (excludes halogenated alkanes) is 34. The Hall–Kier alpha value is -1.59. The number of carbonyl (C=O) groups excluding carboxylic acids is 3. The molecule has 0 heterocycles. The molecule has 0 saturated heterocycles. The molecule has 0 aliphatic rings. The van der Waals surface area contributed by atoms with Gasteiger partial charge in [-0.1, -0.05) is 286 Å². The Morgan fingerprint density at radius 1 is 0.308 bits per heavy atom. The average molecular weight is 920 g/mol. The summed E-state index contributed by atoms with van der Waals surface area (Å²) in [6.45, 7) is 13.8. The third-order valence-corrected chi connectivity index (χ3v) is 13.8. The zero-order chi connectivity index (χ0) is 47.7. The highest BCUT2D eigenvalue weighted by Crippen LogP contribution is 2.19. The summed E-state index contributed by atoms with van der Waals surface area (Å²) >= 11 is 0. The van der Waals surface area contributed by atoms with Crippen LogP contribution in [0.3, 0.4) is 0 Å². The average Bonchev–Trinajstić information content (AvgIpc) is 3.28. The van der Waals surface area contributed by atoms with E-state index in [1.165, 1.54) is 205 Å².